The van der Waals surface area contributed by atoms with Gasteiger partial charge in [-0.25, -0.2) is 9.37 Å². The molecule has 0 amide bonds. The highest BCUT2D eigenvalue weighted by atomic mass is 19.1. The molecule has 4 heterocycles. The number of hydrogen-bond acceptors (Lipinski definition) is 5. The van der Waals surface area contributed by atoms with Crippen LogP contribution in [0, 0.1) is 11.2 Å². The van der Waals surface area contributed by atoms with Crippen LogP contribution in [0.2, 0.25) is 0 Å². The Bertz CT molecular complexity index is 730. The number of rotatable bonds is 5. The molecule has 0 aromatic carbocycles. The van der Waals surface area contributed by atoms with Crippen LogP contribution < -0.4 is 4.74 Å². The molecule has 2 aromatic rings. The van der Waals surface area contributed by atoms with E-state index in [0.717, 1.165) is 45.5 Å². The summed E-state index contributed by atoms with van der Waals surface area (Å²) >= 11 is 0. The fraction of sp³-hybridized carbons (Fsp3) is 0.500. The van der Waals surface area contributed by atoms with Gasteiger partial charge in [0.2, 0.25) is 5.88 Å². The molecule has 0 aliphatic carbocycles. The number of ether oxygens (including phenoxy) is 2. The lowest BCUT2D eigenvalue weighted by atomic mass is 9.73. The van der Waals surface area contributed by atoms with E-state index in [9.17, 15) is 4.39 Å². The summed E-state index contributed by atoms with van der Waals surface area (Å²) in [5, 5.41) is 0. The third kappa shape index (κ3) is 3.71. The van der Waals surface area contributed by atoms with Gasteiger partial charge in [-0.3, -0.25) is 9.88 Å². The Morgan fingerprint density at radius 1 is 1.27 bits per heavy atom. The zero-order chi connectivity index (χ0) is 17.8. The summed E-state index contributed by atoms with van der Waals surface area (Å²) in [6.45, 7) is 3.99. The summed E-state index contributed by atoms with van der Waals surface area (Å²) in [5.74, 6) is -0.334. The van der Waals surface area contributed by atoms with Crippen LogP contribution >= 0.6 is 0 Å². The van der Waals surface area contributed by atoms with E-state index < -0.39 is 5.82 Å². The van der Waals surface area contributed by atoms with E-state index in [1.807, 2.05) is 12.4 Å². The SMILES string of the molecule is Fc1cccnc1OC[C@]12CCCO[C@@H]1CCN(Cc1ccncc1)C2. The molecular weight excluding hydrogens is 333 g/mol. The van der Waals surface area contributed by atoms with E-state index in [-0.39, 0.29) is 17.4 Å². The maximum absolute atomic E-state index is 13.9. The van der Waals surface area contributed by atoms with Crippen molar-refractivity contribution >= 4 is 0 Å². The minimum absolute atomic E-state index is 0.0810. The molecule has 0 radical (unpaired) electrons. The molecule has 2 aromatic heterocycles. The van der Waals surface area contributed by atoms with E-state index in [4.69, 9.17) is 9.47 Å². The highest BCUT2D eigenvalue weighted by Crippen LogP contribution is 2.41. The van der Waals surface area contributed by atoms with Crippen LogP contribution in [0.25, 0.3) is 0 Å². The van der Waals surface area contributed by atoms with Crippen molar-refractivity contribution in [1.29, 1.82) is 0 Å². The Hall–Kier alpha value is -2.05. The molecule has 2 aliphatic rings. The molecule has 2 fully saturated rings. The van der Waals surface area contributed by atoms with E-state index in [0.29, 0.717) is 6.61 Å². The molecule has 2 saturated heterocycles. The second-order valence-electron chi connectivity index (χ2n) is 7.26. The van der Waals surface area contributed by atoms with E-state index in [1.54, 1.807) is 12.3 Å². The molecule has 2 aliphatic heterocycles. The van der Waals surface area contributed by atoms with E-state index in [2.05, 4.69) is 27.0 Å². The van der Waals surface area contributed by atoms with E-state index >= 15 is 0 Å². The van der Waals surface area contributed by atoms with Crippen LogP contribution in [-0.2, 0) is 11.3 Å². The Balaban J connectivity index is 1.48. The molecule has 138 valence electrons. The lowest BCUT2D eigenvalue weighted by Gasteiger charge is -2.50. The van der Waals surface area contributed by atoms with Crippen LogP contribution in [-0.4, -0.2) is 47.3 Å². The zero-order valence-electron chi connectivity index (χ0n) is 14.8. The van der Waals surface area contributed by atoms with Gasteiger partial charge in [-0.2, -0.15) is 0 Å². The summed E-state index contributed by atoms with van der Waals surface area (Å²) in [5.41, 5.74) is 1.13. The van der Waals surface area contributed by atoms with Gasteiger partial charge in [-0.1, -0.05) is 0 Å². The Labute approximate surface area is 153 Å². The highest BCUT2D eigenvalue weighted by Gasteiger charge is 2.46. The first-order chi connectivity index (χ1) is 12.8. The molecule has 0 bridgehead atoms. The van der Waals surface area contributed by atoms with Gasteiger partial charge in [0.1, 0.15) is 0 Å². The maximum Gasteiger partial charge on any atom is 0.250 e. The molecule has 26 heavy (non-hydrogen) atoms. The zero-order valence-corrected chi connectivity index (χ0v) is 14.8. The van der Waals surface area contributed by atoms with Crippen LogP contribution in [0.4, 0.5) is 4.39 Å². The summed E-state index contributed by atoms with van der Waals surface area (Å²) in [7, 11) is 0. The molecular formula is C20H24FN3O2. The summed E-state index contributed by atoms with van der Waals surface area (Å²) in [6, 6.07) is 7.06. The van der Waals surface area contributed by atoms with Gasteiger partial charge in [0.25, 0.3) is 0 Å². The van der Waals surface area contributed by atoms with Gasteiger partial charge in [-0.05, 0) is 49.1 Å². The molecule has 4 rings (SSSR count). The van der Waals surface area contributed by atoms with Crippen LogP contribution in [0.3, 0.4) is 0 Å². The number of hydrogen-bond donors (Lipinski definition) is 0. The largest absolute Gasteiger partial charge is 0.475 e. The number of fused-ring (bicyclic) bond motifs is 1. The number of halogens is 1. The number of piperidine rings is 1. The summed E-state index contributed by atoms with van der Waals surface area (Å²) in [4.78, 5) is 10.6. The van der Waals surface area contributed by atoms with Crippen molar-refractivity contribution < 1.29 is 13.9 Å². The maximum atomic E-state index is 13.9. The number of likely N-dealkylation sites (tertiary alicyclic amines) is 1. The third-order valence-corrected chi connectivity index (χ3v) is 5.44. The molecule has 0 spiro atoms. The van der Waals surface area contributed by atoms with Gasteiger partial charge in [0, 0.05) is 50.2 Å². The monoisotopic (exact) mass is 357 g/mol. The molecule has 0 N–H and O–H groups in total. The highest BCUT2D eigenvalue weighted by molar-refractivity contribution is 5.14. The molecule has 0 unspecified atom stereocenters. The topological polar surface area (TPSA) is 47.5 Å². The lowest BCUT2D eigenvalue weighted by Crippen LogP contribution is -2.57. The molecule has 6 heteroatoms. The minimum Gasteiger partial charge on any atom is -0.475 e. The third-order valence-electron chi connectivity index (χ3n) is 5.44. The molecule has 0 saturated carbocycles. The van der Waals surface area contributed by atoms with Gasteiger partial charge in [-0.15, -0.1) is 0 Å². The number of aromatic nitrogens is 2. The fourth-order valence-electron chi connectivity index (χ4n) is 4.16. The normalized spacial score (nSPS) is 26.3. The van der Waals surface area contributed by atoms with Crippen molar-refractivity contribution in [3.8, 4) is 5.88 Å². The number of pyridine rings is 2. The number of nitrogens with zero attached hydrogens (tertiary/aromatic N) is 3. The predicted molar refractivity (Wildman–Crippen MR) is 95.2 cm³/mol. The fourth-order valence-corrected chi connectivity index (χ4v) is 4.16. The standard InChI is InChI=1S/C20H24FN3O2/c21-17-3-1-8-23-19(17)26-15-20-7-2-12-25-18(20)6-11-24(14-20)13-16-4-9-22-10-5-16/h1,3-5,8-10,18H,2,6-7,11-15H2/t18-,20-/m1/s1. The van der Waals surface area contributed by atoms with Gasteiger partial charge in [0.05, 0.1) is 12.7 Å². The Morgan fingerprint density at radius 3 is 3.00 bits per heavy atom. The second kappa shape index (κ2) is 7.68. The first-order valence-electron chi connectivity index (χ1n) is 9.21. The van der Waals surface area contributed by atoms with Crippen molar-refractivity contribution in [3.05, 3.63) is 54.2 Å². The van der Waals surface area contributed by atoms with Crippen molar-refractivity contribution in [2.75, 3.05) is 26.3 Å². The first-order valence-corrected chi connectivity index (χ1v) is 9.21. The summed E-state index contributed by atoms with van der Waals surface area (Å²) < 4.78 is 25.8. The Kier molecular flexibility index (Phi) is 5.13. The smallest absolute Gasteiger partial charge is 0.250 e. The van der Waals surface area contributed by atoms with Crippen molar-refractivity contribution in [2.24, 2.45) is 5.41 Å². The quantitative estimate of drug-likeness (QED) is 0.823. The van der Waals surface area contributed by atoms with Crippen molar-refractivity contribution in [2.45, 2.75) is 31.9 Å². The minimum atomic E-state index is -0.415. The van der Waals surface area contributed by atoms with Crippen LogP contribution in [0.15, 0.2) is 42.9 Å². The van der Waals surface area contributed by atoms with Crippen LogP contribution in [0.1, 0.15) is 24.8 Å². The van der Waals surface area contributed by atoms with E-state index in [1.165, 1.54) is 11.6 Å². The van der Waals surface area contributed by atoms with Gasteiger partial charge < -0.3 is 9.47 Å². The Morgan fingerprint density at radius 2 is 2.15 bits per heavy atom. The summed E-state index contributed by atoms with van der Waals surface area (Å²) in [6.07, 6.45) is 8.38. The average Bonchev–Trinajstić information content (AvgIpc) is 2.68. The van der Waals surface area contributed by atoms with Crippen LogP contribution in [0.5, 0.6) is 5.88 Å². The van der Waals surface area contributed by atoms with Gasteiger partial charge in [0.15, 0.2) is 5.82 Å². The van der Waals surface area contributed by atoms with Crippen molar-refractivity contribution in [1.82, 2.24) is 14.9 Å². The average molecular weight is 357 g/mol. The molecule has 5 nitrogen and oxygen atoms in total. The predicted octanol–water partition coefficient (Wildman–Crippen LogP) is 3.07. The molecule has 2 atom stereocenters. The second-order valence-corrected chi connectivity index (χ2v) is 7.26. The van der Waals surface area contributed by atoms with Crippen molar-refractivity contribution in [3.63, 3.8) is 0 Å². The van der Waals surface area contributed by atoms with Gasteiger partial charge >= 0.3 is 0 Å². The lowest BCUT2D eigenvalue weighted by molar-refractivity contribution is -0.141. The first kappa shape index (κ1) is 17.4.